The Kier molecular flexibility index (Phi) is 6.25. The third-order valence-electron chi connectivity index (χ3n) is 10.2. The molecule has 0 spiro atoms. The SMILES string of the molecule is CCOC(=O)c1nc2ccccc2n([C@@H]2C[C@H]3CC[C@@H](C2)N3C23CC(C)CC(C)(CC(CC)C2)C3)c1=O. The molecule has 0 amide bonds. The quantitative estimate of drug-likeness (QED) is 0.458. The van der Waals surface area contributed by atoms with Crippen LogP contribution in [0, 0.1) is 17.3 Å². The van der Waals surface area contributed by atoms with Gasteiger partial charge in [-0.05, 0) is 94.1 Å². The van der Waals surface area contributed by atoms with E-state index in [-0.39, 0.29) is 23.9 Å². The molecule has 4 unspecified atom stereocenters. The van der Waals surface area contributed by atoms with Gasteiger partial charge in [0, 0.05) is 23.7 Å². The van der Waals surface area contributed by atoms with Gasteiger partial charge in [0.1, 0.15) is 0 Å². The summed E-state index contributed by atoms with van der Waals surface area (Å²) in [6, 6.07) is 8.83. The van der Waals surface area contributed by atoms with E-state index in [0.29, 0.717) is 28.6 Å². The standard InChI is InChI=1S/C31H43N3O3/c1-5-21-17-30(4)15-20(3)16-31(18-21,19-30)34-22-11-12-23(34)14-24(13-22)33-26-10-8-7-9-25(26)32-27(28(33)35)29(36)37-6-2/h7-10,20-24H,5-6,11-19H2,1-4H3/t20?,21?,22-,23+,24-,30?,31?. The van der Waals surface area contributed by atoms with Crippen LogP contribution in [0.15, 0.2) is 29.1 Å². The van der Waals surface area contributed by atoms with Crippen molar-refractivity contribution in [1.29, 1.82) is 0 Å². The zero-order valence-corrected chi connectivity index (χ0v) is 23.0. The molecule has 2 saturated carbocycles. The molecule has 1 aromatic heterocycles. The number of fused-ring (bicyclic) bond motifs is 6. The molecule has 4 bridgehead atoms. The molecule has 37 heavy (non-hydrogen) atoms. The van der Waals surface area contributed by atoms with E-state index in [9.17, 15) is 9.59 Å². The summed E-state index contributed by atoms with van der Waals surface area (Å²) in [6.45, 7) is 9.42. The lowest BCUT2D eigenvalue weighted by Gasteiger charge is -2.62. The summed E-state index contributed by atoms with van der Waals surface area (Å²) in [6.07, 6.45) is 12.4. The Morgan fingerprint density at radius 2 is 1.78 bits per heavy atom. The Labute approximate surface area is 220 Å². The van der Waals surface area contributed by atoms with Gasteiger partial charge in [-0.3, -0.25) is 9.69 Å². The number of nitrogens with zero attached hydrogens (tertiary/aromatic N) is 3. The maximum atomic E-state index is 13.7. The van der Waals surface area contributed by atoms with Crippen LogP contribution < -0.4 is 5.56 Å². The minimum Gasteiger partial charge on any atom is -0.461 e. The first-order valence-corrected chi connectivity index (χ1v) is 14.7. The maximum Gasteiger partial charge on any atom is 0.362 e. The number of benzene rings is 1. The second-order valence-electron chi connectivity index (χ2n) is 13.2. The highest BCUT2D eigenvalue weighted by Gasteiger charge is 2.58. The van der Waals surface area contributed by atoms with Crippen molar-refractivity contribution < 1.29 is 9.53 Å². The number of esters is 1. The molecule has 2 aliphatic heterocycles. The first-order valence-electron chi connectivity index (χ1n) is 14.7. The molecule has 2 aliphatic carbocycles. The van der Waals surface area contributed by atoms with Crippen LogP contribution in [0.25, 0.3) is 11.0 Å². The summed E-state index contributed by atoms with van der Waals surface area (Å²) in [5.41, 5.74) is 1.91. The van der Waals surface area contributed by atoms with Crippen molar-refractivity contribution in [2.75, 3.05) is 6.61 Å². The van der Waals surface area contributed by atoms with Crippen molar-refractivity contribution in [3.63, 3.8) is 0 Å². The van der Waals surface area contributed by atoms with E-state index in [1.54, 1.807) is 6.92 Å². The van der Waals surface area contributed by atoms with Gasteiger partial charge in [-0.15, -0.1) is 0 Å². The van der Waals surface area contributed by atoms with Gasteiger partial charge < -0.3 is 9.30 Å². The van der Waals surface area contributed by atoms with E-state index in [2.05, 4.69) is 30.7 Å². The molecule has 6 rings (SSSR count). The van der Waals surface area contributed by atoms with Crippen molar-refractivity contribution in [1.82, 2.24) is 14.5 Å². The molecule has 0 radical (unpaired) electrons. The lowest BCUT2D eigenvalue weighted by atomic mass is 9.53. The number of rotatable bonds is 5. The Morgan fingerprint density at radius 1 is 1.05 bits per heavy atom. The number of hydrogen-bond acceptors (Lipinski definition) is 5. The molecular formula is C31H43N3O3. The monoisotopic (exact) mass is 505 g/mol. The molecule has 0 N–H and O–H groups in total. The first kappa shape index (κ1) is 25.1. The third-order valence-corrected chi connectivity index (χ3v) is 10.2. The highest BCUT2D eigenvalue weighted by molar-refractivity contribution is 5.89. The van der Waals surface area contributed by atoms with Crippen LogP contribution in [0.5, 0.6) is 0 Å². The number of para-hydroxylation sites is 2. The number of ether oxygens (including phenoxy) is 1. The molecule has 200 valence electrons. The average molecular weight is 506 g/mol. The second kappa shape index (κ2) is 9.21. The van der Waals surface area contributed by atoms with Crippen LogP contribution >= 0.6 is 0 Å². The average Bonchev–Trinajstić information content (AvgIpc) is 3.13. The maximum absolute atomic E-state index is 13.7. The highest BCUT2D eigenvalue weighted by atomic mass is 16.5. The lowest BCUT2D eigenvalue weighted by Crippen LogP contribution is -2.64. The minimum absolute atomic E-state index is 0.0798. The van der Waals surface area contributed by atoms with E-state index >= 15 is 0 Å². The molecular weight excluding hydrogens is 462 g/mol. The zero-order valence-electron chi connectivity index (χ0n) is 23.0. The molecule has 1 aromatic carbocycles. The van der Waals surface area contributed by atoms with E-state index in [1.807, 2.05) is 28.8 Å². The zero-order chi connectivity index (χ0) is 25.9. The van der Waals surface area contributed by atoms with Crippen molar-refractivity contribution in [2.24, 2.45) is 17.3 Å². The normalized spacial score (nSPS) is 37.6. The van der Waals surface area contributed by atoms with Gasteiger partial charge in [-0.2, -0.15) is 0 Å². The molecule has 2 saturated heterocycles. The van der Waals surface area contributed by atoms with Gasteiger partial charge in [0.25, 0.3) is 5.56 Å². The topological polar surface area (TPSA) is 64.4 Å². The number of hydrogen-bond donors (Lipinski definition) is 0. The fourth-order valence-electron chi connectivity index (χ4n) is 9.69. The number of piperidine rings is 1. The van der Waals surface area contributed by atoms with Crippen LogP contribution in [0.2, 0.25) is 0 Å². The van der Waals surface area contributed by atoms with Gasteiger partial charge in [0.05, 0.1) is 17.6 Å². The Morgan fingerprint density at radius 3 is 2.49 bits per heavy atom. The van der Waals surface area contributed by atoms with E-state index in [4.69, 9.17) is 4.74 Å². The van der Waals surface area contributed by atoms with Gasteiger partial charge in [-0.1, -0.05) is 39.3 Å². The Hall–Kier alpha value is -2.21. The van der Waals surface area contributed by atoms with E-state index < -0.39 is 5.97 Å². The fourth-order valence-corrected chi connectivity index (χ4v) is 9.69. The summed E-state index contributed by atoms with van der Waals surface area (Å²) in [5.74, 6) is 0.976. The minimum atomic E-state index is -0.616. The summed E-state index contributed by atoms with van der Waals surface area (Å²) in [4.78, 5) is 33.8. The summed E-state index contributed by atoms with van der Waals surface area (Å²) in [5, 5.41) is 0. The van der Waals surface area contributed by atoms with Crippen LogP contribution in [-0.2, 0) is 4.74 Å². The summed E-state index contributed by atoms with van der Waals surface area (Å²) >= 11 is 0. The number of aromatic nitrogens is 2. The Bertz CT molecular complexity index is 1240. The molecule has 3 heterocycles. The molecule has 6 heteroatoms. The van der Waals surface area contributed by atoms with Crippen molar-refractivity contribution in [2.45, 2.75) is 116 Å². The first-order chi connectivity index (χ1) is 17.8. The van der Waals surface area contributed by atoms with Crippen LogP contribution in [0.4, 0.5) is 0 Å². The van der Waals surface area contributed by atoms with E-state index in [1.165, 1.54) is 51.4 Å². The smallest absolute Gasteiger partial charge is 0.362 e. The van der Waals surface area contributed by atoms with Crippen molar-refractivity contribution in [3.8, 4) is 0 Å². The van der Waals surface area contributed by atoms with Gasteiger partial charge in [-0.25, -0.2) is 9.78 Å². The van der Waals surface area contributed by atoms with Crippen molar-refractivity contribution >= 4 is 17.0 Å². The fraction of sp³-hybridized carbons (Fsp3) is 0.710. The van der Waals surface area contributed by atoms with Gasteiger partial charge >= 0.3 is 5.97 Å². The summed E-state index contributed by atoms with van der Waals surface area (Å²) < 4.78 is 7.11. The number of carbonyl (C=O) groups excluding carboxylic acids is 1. The molecule has 6 nitrogen and oxygen atoms in total. The molecule has 4 aliphatic rings. The predicted molar refractivity (Wildman–Crippen MR) is 146 cm³/mol. The Balaban J connectivity index is 1.37. The summed E-state index contributed by atoms with van der Waals surface area (Å²) in [7, 11) is 0. The highest BCUT2D eigenvalue weighted by Crippen LogP contribution is 2.60. The molecule has 2 aromatic rings. The van der Waals surface area contributed by atoms with Gasteiger partial charge in [0.2, 0.25) is 5.69 Å². The third kappa shape index (κ3) is 4.14. The lowest BCUT2D eigenvalue weighted by molar-refractivity contribution is -0.115. The molecule has 4 fully saturated rings. The van der Waals surface area contributed by atoms with Crippen LogP contribution in [0.3, 0.4) is 0 Å². The van der Waals surface area contributed by atoms with Crippen LogP contribution in [0.1, 0.15) is 108 Å². The number of carbonyl (C=O) groups is 1. The second-order valence-corrected chi connectivity index (χ2v) is 13.2. The van der Waals surface area contributed by atoms with Gasteiger partial charge in [0.15, 0.2) is 0 Å². The molecule has 7 atom stereocenters. The van der Waals surface area contributed by atoms with Crippen molar-refractivity contribution in [3.05, 3.63) is 40.3 Å². The largest absolute Gasteiger partial charge is 0.461 e. The van der Waals surface area contributed by atoms with E-state index in [0.717, 1.165) is 30.2 Å². The predicted octanol–water partition coefficient (Wildman–Crippen LogP) is 6.13. The van der Waals surface area contributed by atoms with Crippen LogP contribution in [-0.4, -0.2) is 44.6 Å².